The zero-order chi connectivity index (χ0) is 10.8. The van der Waals surface area contributed by atoms with Gasteiger partial charge in [0.05, 0.1) is 11.7 Å². The minimum absolute atomic E-state index is 0.918. The van der Waals surface area contributed by atoms with Crippen LogP contribution in [0.4, 0.5) is 0 Å². The molecule has 0 spiro atoms. The summed E-state index contributed by atoms with van der Waals surface area (Å²) >= 11 is 0. The Labute approximate surface area is 95.5 Å². The van der Waals surface area contributed by atoms with E-state index in [1.165, 1.54) is 30.3 Å². The van der Waals surface area contributed by atoms with Crippen molar-refractivity contribution in [1.82, 2.24) is 14.9 Å². The van der Waals surface area contributed by atoms with Crippen LogP contribution in [0.15, 0.2) is 30.6 Å². The lowest BCUT2D eigenvalue weighted by Crippen LogP contribution is -2.26. The summed E-state index contributed by atoms with van der Waals surface area (Å²) in [7, 11) is 0. The van der Waals surface area contributed by atoms with Crippen molar-refractivity contribution >= 4 is 5.52 Å². The molecule has 0 saturated heterocycles. The van der Waals surface area contributed by atoms with E-state index in [9.17, 15) is 0 Å². The molecule has 0 aromatic carbocycles. The van der Waals surface area contributed by atoms with Crippen molar-refractivity contribution in [3.05, 3.63) is 36.2 Å². The Morgan fingerprint density at radius 2 is 2.31 bits per heavy atom. The fraction of sp³-hybridized carbons (Fsp3) is 0.462. The summed E-state index contributed by atoms with van der Waals surface area (Å²) in [5.74, 6) is 0.918. The lowest BCUT2D eigenvalue weighted by molar-refractivity contribution is 0.301. The molecule has 0 bridgehead atoms. The molecule has 0 unspecified atom stereocenters. The largest absolute Gasteiger partial charge is 0.312 e. The second-order valence-electron chi connectivity index (χ2n) is 4.63. The summed E-state index contributed by atoms with van der Waals surface area (Å²) in [6.07, 6.45) is 8.18. The molecular weight excluding hydrogens is 198 g/mol. The Hall–Kier alpha value is -1.35. The molecular formula is C13H17N3. The van der Waals surface area contributed by atoms with E-state index in [1.807, 2.05) is 23.0 Å². The van der Waals surface area contributed by atoms with Crippen LogP contribution in [0.2, 0.25) is 0 Å². The van der Waals surface area contributed by atoms with Gasteiger partial charge in [0.15, 0.2) is 0 Å². The van der Waals surface area contributed by atoms with Crippen molar-refractivity contribution in [3.63, 3.8) is 0 Å². The molecule has 0 atom stereocenters. The normalized spacial score (nSPS) is 16.5. The number of rotatable bonds is 4. The maximum atomic E-state index is 4.33. The average molecular weight is 215 g/mol. The Morgan fingerprint density at radius 3 is 3.12 bits per heavy atom. The highest BCUT2D eigenvalue weighted by atomic mass is 15.2. The van der Waals surface area contributed by atoms with Gasteiger partial charge < -0.3 is 5.32 Å². The minimum atomic E-state index is 0.918. The summed E-state index contributed by atoms with van der Waals surface area (Å²) < 4.78 is 1.93. The molecule has 0 radical (unpaired) electrons. The van der Waals surface area contributed by atoms with Gasteiger partial charge in [0.2, 0.25) is 0 Å². The molecule has 2 heterocycles. The van der Waals surface area contributed by atoms with E-state index in [0.717, 1.165) is 19.0 Å². The fourth-order valence-corrected chi connectivity index (χ4v) is 2.23. The third kappa shape index (κ3) is 1.83. The van der Waals surface area contributed by atoms with Gasteiger partial charge in [-0.15, -0.1) is 0 Å². The van der Waals surface area contributed by atoms with Gasteiger partial charge in [0, 0.05) is 18.3 Å². The molecule has 16 heavy (non-hydrogen) atoms. The Bertz CT molecular complexity index is 471. The molecule has 1 N–H and O–H groups in total. The number of nitrogens with one attached hydrogen (secondary N) is 1. The van der Waals surface area contributed by atoms with E-state index < -0.39 is 0 Å². The third-order valence-electron chi connectivity index (χ3n) is 3.48. The first kappa shape index (κ1) is 9.85. The van der Waals surface area contributed by atoms with Gasteiger partial charge in [0.25, 0.3) is 0 Å². The van der Waals surface area contributed by atoms with Crippen LogP contribution in [-0.2, 0) is 6.54 Å². The second-order valence-corrected chi connectivity index (χ2v) is 4.63. The van der Waals surface area contributed by atoms with Gasteiger partial charge >= 0.3 is 0 Å². The molecule has 0 aliphatic heterocycles. The van der Waals surface area contributed by atoms with Crippen LogP contribution in [0.5, 0.6) is 0 Å². The van der Waals surface area contributed by atoms with Crippen molar-refractivity contribution in [2.75, 3.05) is 6.54 Å². The molecule has 1 saturated carbocycles. The minimum Gasteiger partial charge on any atom is -0.312 e. The molecule has 1 aliphatic rings. The predicted molar refractivity (Wildman–Crippen MR) is 64.2 cm³/mol. The lowest BCUT2D eigenvalue weighted by Gasteiger charge is -2.25. The van der Waals surface area contributed by atoms with E-state index in [4.69, 9.17) is 0 Å². The molecule has 1 aliphatic carbocycles. The SMILES string of the molecule is c1ccn2ncc(CNCC3CCC3)c2c1. The van der Waals surface area contributed by atoms with Crippen LogP contribution in [0.3, 0.4) is 0 Å². The van der Waals surface area contributed by atoms with Crippen LogP contribution >= 0.6 is 0 Å². The zero-order valence-corrected chi connectivity index (χ0v) is 9.39. The van der Waals surface area contributed by atoms with Crippen LogP contribution in [0, 0.1) is 5.92 Å². The van der Waals surface area contributed by atoms with Crippen LogP contribution in [0.1, 0.15) is 24.8 Å². The van der Waals surface area contributed by atoms with Gasteiger partial charge in [-0.1, -0.05) is 12.5 Å². The van der Waals surface area contributed by atoms with Crippen LogP contribution < -0.4 is 5.32 Å². The van der Waals surface area contributed by atoms with E-state index >= 15 is 0 Å². The summed E-state index contributed by atoms with van der Waals surface area (Å²) in [6, 6.07) is 6.19. The van der Waals surface area contributed by atoms with Gasteiger partial charge in [-0.05, 0) is 37.4 Å². The highest BCUT2D eigenvalue weighted by Gasteiger charge is 2.16. The lowest BCUT2D eigenvalue weighted by atomic mass is 9.85. The van der Waals surface area contributed by atoms with E-state index in [-0.39, 0.29) is 0 Å². The number of hydrogen-bond acceptors (Lipinski definition) is 2. The molecule has 3 heteroatoms. The Balaban J connectivity index is 1.64. The van der Waals surface area contributed by atoms with Gasteiger partial charge in [-0.3, -0.25) is 0 Å². The van der Waals surface area contributed by atoms with Crippen LogP contribution in [-0.4, -0.2) is 16.2 Å². The number of aromatic nitrogens is 2. The molecule has 1 fully saturated rings. The van der Waals surface area contributed by atoms with Crippen molar-refractivity contribution < 1.29 is 0 Å². The van der Waals surface area contributed by atoms with E-state index in [1.54, 1.807) is 0 Å². The number of hydrogen-bond donors (Lipinski definition) is 1. The highest BCUT2D eigenvalue weighted by molar-refractivity contribution is 5.53. The summed E-state index contributed by atoms with van der Waals surface area (Å²) in [5, 5.41) is 7.86. The Morgan fingerprint density at radius 1 is 1.38 bits per heavy atom. The van der Waals surface area contributed by atoms with Crippen molar-refractivity contribution in [2.24, 2.45) is 5.92 Å². The summed E-state index contributed by atoms with van der Waals surface area (Å²) in [4.78, 5) is 0. The summed E-state index contributed by atoms with van der Waals surface area (Å²) in [6.45, 7) is 2.09. The first-order chi connectivity index (χ1) is 7.93. The number of pyridine rings is 1. The molecule has 3 nitrogen and oxygen atoms in total. The smallest absolute Gasteiger partial charge is 0.0706 e. The fourth-order valence-electron chi connectivity index (χ4n) is 2.23. The number of fused-ring (bicyclic) bond motifs is 1. The van der Waals surface area contributed by atoms with Crippen LogP contribution in [0.25, 0.3) is 5.52 Å². The maximum Gasteiger partial charge on any atom is 0.0706 e. The standard InChI is InChI=1S/C13H17N3/c1-2-7-16-13(6-1)12(10-15-16)9-14-8-11-4-3-5-11/h1-2,6-7,10-11,14H,3-5,8-9H2. The predicted octanol–water partition coefficient (Wildman–Crippen LogP) is 2.22. The second kappa shape index (κ2) is 4.26. The van der Waals surface area contributed by atoms with Crippen molar-refractivity contribution in [1.29, 1.82) is 0 Å². The molecule has 2 aromatic heterocycles. The third-order valence-corrected chi connectivity index (χ3v) is 3.48. The van der Waals surface area contributed by atoms with Gasteiger partial charge in [-0.25, -0.2) is 4.52 Å². The van der Waals surface area contributed by atoms with Crippen molar-refractivity contribution in [2.45, 2.75) is 25.8 Å². The Kier molecular flexibility index (Phi) is 2.62. The van der Waals surface area contributed by atoms with Gasteiger partial charge in [0.1, 0.15) is 0 Å². The monoisotopic (exact) mass is 215 g/mol. The maximum absolute atomic E-state index is 4.33. The molecule has 2 aromatic rings. The number of nitrogens with zero attached hydrogens (tertiary/aromatic N) is 2. The average Bonchev–Trinajstić information content (AvgIpc) is 2.65. The first-order valence-corrected chi connectivity index (χ1v) is 6.05. The first-order valence-electron chi connectivity index (χ1n) is 6.05. The quantitative estimate of drug-likeness (QED) is 0.847. The van der Waals surface area contributed by atoms with E-state index in [0.29, 0.717) is 0 Å². The van der Waals surface area contributed by atoms with Gasteiger partial charge in [-0.2, -0.15) is 5.10 Å². The molecule has 3 rings (SSSR count). The molecule has 84 valence electrons. The highest BCUT2D eigenvalue weighted by Crippen LogP contribution is 2.25. The summed E-state index contributed by atoms with van der Waals surface area (Å²) in [5.41, 5.74) is 2.50. The molecule has 0 amide bonds. The topological polar surface area (TPSA) is 29.3 Å². The van der Waals surface area contributed by atoms with E-state index in [2.05, 4.69) is 22.5 Å². The van der Waals surface area contributed by atoms with Crippen molar-refractivity contribution in [3.8, 4) is 0 Å². The zero-order valence-electron chi connectivity index (χ0n) is 9.39.